The maximum absolute atomic E-state index is 11.8. The van der Waals surface area contributed by atoms with Gasteiger partial charge in [0.25, 0.3) is 0 Å². The second-order valence-corrected chi connectivity index (χ2v) is 5.02. The number of carbonyl (C=O) groups excluding carboxylic acids is 1. The lowest BCUT2D eigenvalue weighted by atomic mass is 10.1. The molecule has 1 amide bonds. The van der Waals surface area contributed by atoms with Crippen molar-refractivity contribution in [1.82, 2.24) is 5.32 Å². The van der Waals surface area contributed by atoms with Gasteiger partial charge in [-0.25, -0.2) is 0 Å². The van der Waals surface area contributed by atoms with E-state index >= 15 is 0 Å². The van der Waals surface area contributed by atoms with Gasteiger partial charge in [0.1, 0.15) is 0 Å². The van der Waals surface area contributed by atoms with E-state index in [0.717, 1.165) is 18.4 Å². The fourth-order valence-electron chi connectivity index (χ4n) is 1.85. The molecule has 4 nitrogen and oxygen atoms in total. The Labute approximate surface area is 115 Å². The SMILES string of the molecule is CC(CO)CCCNC(=O)[C@H](N)Cc1ccccc1. The second kappa shape index (κ2) is 8.67. The minimum atomic E-state index is -0.502. The average Bonchev–Trinajstić information content (AvgIpc) is 2.44. The molecule has 0 fully saturated rings. The molecule has 4 N–H and O–H groups in total. The fourth-order valence-corrected chi connectivity index (χ4v) is 1.85. The minimum Gasteiger partial charge on any atom is -0.396 e. The molecule has 1 rings (SSSR count). The van der Waals surface area contributed by atoms with Crippen LogP contribution in [0, 0.1) is 5.92 Å². The number of benzene rings is 1. The third-order valence-electron chi connectivity index (χ3n) is 3.12. The van der Waals surface area contributed by atoms with E-state index < -0.39 is 6.04 Å². The van der Waals surface area contributed by atoms with Gasteiger partial charge < -0.3 is 16.2 Å². The molecule has 0 heterocycles. The predicted molar refractivity (Wildman–Crippen MR) is 76.6 cm³/mol. The smallest absolute Gasteiger partial charge is 0.237 e. The van der Waals surface area contributed by atoms with Gasteiger partial charge in [-0.1, -0.05) is 37.3 Å². The normalized spacial score (nSPS) is 13.8. The molecule has 0 aliphatic rings. The highest BCUT2D eigenvalue weighted by Gasteiger charge is 2.13. The first-order chi connectivity index (χ1) is 9.13. The van der Waals surface area contributed by atoms with Gasteiger partial charge in [0, 0.05) is 13.2 Å². The number of carbonyl (C=O) groups is 1. The molecule has 0 aromatic heterocycles. The summed E-state index contributed by atoms with van der Waals surface area (Å²) in [6, 6.07) is 9.26. The van der Waals surface area contributed by atoms with Crippen LogP contribution < -0.4 is 11.1 Å². The van der Waals surface area contributed by atoms with Crippen LogP contribution in [0.2, 0.25) is 0 Å². The summed E-state index contributed by atoms with van der Waals surface area (Å²) in [4.78, 5) is 11.8. The molecular formula is C15H24N2O2. The van der Waals surface area contributed by atoms with Crippen LogP contribution in [-0.4, -0.2) is 30.2 Å². The number of hydrogen-bond donors (Lipinski definition) is 3. The van der Waals surface area contributed by atoms with Crippen LogP contribution >= 0.6 is 0 Å². The monoisotopic (exact) mass is 264 g/mol. The Morgan fingerprint density at radius 1 is 1.37 bits per heavy atom. The molecular weight excluding hydrogens is 240 g/mol. The number of rotatable bonds is 8. The van der Waals surface area contributed by atoms with Crippen molar-refractivity contribution < 1.29 is 9.90 Å². The van der Waals surface area contributed by atoms with Crippen molar-refractivity contribution in [2.75, 3.05) is 13.2 Å². The number of hydrogen-bond acceptors (Lipinski definition) is 3. The summed E-state index contributed by atoms with van der Waals surface area (Å²) < 4.78 is 0. The van der Waals surface area contributed by atoms with E-state index in [2.05, 4.69) is 5.32 Å². The van der Waals surface area contributed by atoms with Gasteiger partial charge in [-0.3, -0.25) is 4.79 Å². The van der Waals surface area contributed by atoms with Crippen molar-refractivity contribution in [2.45, 2.75) is 32.2 Å². The third-order valence-corrected chi connectivity index (χ3v) is 3.12. The van der Waals surface area contributed by atoms with Gasteiger partial charge in [0.2, 0.25) is 5.91 Å². The molecule has 0 spiro atoms. The summed E-state index contributed by atoms with van der Waals surface area (Å²) in [5.74, 6) is 0.176. The molecule has 0 radical (unpaired) electrons. The molecule has 0 saturated carbocycles. The van der Waals surface area contributed by atoms with Crippen molar-refractivity contribution in [2.24, 2.45) is 11.7 Å². The van der Waals surface area contributed by atoms with Crippen LogP contribution in [0.3, 0.4) is 0 Å². The van der Waals surface area contributed by atoms with Crippen LogP contribution in [0.4, 0.5) is 0 Å². The Morgan fingerprint density at radius 3 is 2.68 bits per heavy atom. The first-order valence-corrected chi connectivity index (χ1v) is 6.81. The zero-order chi connectivity index (χ0) is 14.1. The van der Waals surface area contributed by atoms with Crippen LogP contribution in [0.5, 0.6) is 0 Å². The van der Waals surface area contributed by atoms with Crippen LogP contribution in [0.15, 0.2) is 30.3 Å². The lowest BCUT2D eigenvalue weighted by molar-refractivity contribution is -0.122. The summed E-state index contributed by atoms with van der Waals surface area (Å²) in [5.41, 5.74) is 6.93. The first kappa shape index (κ1) is 15.7. The summed E-state index contributed by atoms with van der Waals surface area (Å²) in [5, 5.41) is 11.7. The Bertz CT molecular complexity index is 368. The lowest BCUT2D eigenvalue weighted by Crippen LogP contribution is -2.42. The van der Waals surface area contributed by atoms with E-state index in [1.54, 1.807) is 0 Å². The summed E-state index contributed by atoms with van der Waals surface area (Å²) >= 11 is 0. The van der Waals surface area contributed by atoms with Crippen molar-refractivity contribution in [1.29, 1.82) is 0 Å². The summed E-state index contributed by atoms with van der Waals surface area (Å²) in [7, 11) is 0. The van der Waals surface area contributed by atoms with Gasteiger partial charge >= 0.3 is 0 Å². The van der Waals surface area contributed by atoms with Gasteiger partial charge in [-0.15, -0.1) is 0 Å². The Hall–Kier alpha value is -1.39. The number of aliphatic hydroxyl groups excluding tert-OH is 1. The molecule has 2 atom stereocenters. The van der Waals surface area contributed by atoms with E-state index in [0.29, 0.717) is 13.0 Å². The number of nitrogens with two attached hydrogens (primary N) is 1. The highest BCUT2D eigenvalue weighted by molar-refractivity contribution is 5.81. The van der Waals surface area contributed by atoms with E-state index in [-0.39, 0.29) is 18.4 Å². The average molecular weight is 264 g/mol. The molecule has 0 aliphatic heterocycles. The van der Waals surface area contributed by atoms with E-state index in [4.69, 9.17) is 10.8 Å². The van der Waals surface area contributed by atoms with Crippen molar-refractivity contribution in [3.63, 3.8) is 0 Å². The predicted octanol–water partition coefficient (Wildman–Crippen LogP) is 1.08. The van der Waals surface area contributed by atoms with Gasteiger partial charge in [0.05, 0.1) is 6.04 Å². The van der Waals surface area contributed by atoms with Crippen molar-refractivity contribution in [3.8, 4) is 0 Å². The van der Waals surface area contributed by atoms with Crippen molar-refractivity contribution >= 4 is 5.91 Å². The number of aliphatic hydroxyl groups is 1. The van der Waals surface area contributed by atoms with E-state index in [1.165, 1.54) is 0 Å². The molecule has 1 aromatic rings. The molecule has 1 aromatic carbocycles. The molecule has 19 heavy (non-hydrogen) atoms. The maximum atomic E-state index is 11.8. The third kappa shape index (κ3) is 6.36. The zero-order valence-electron chi connectivity index (χ0n) is 11.5. The van der Waals surface area contributed by atoms with Crippen LogP contribution in [-0.2, 0) is 11.2 Å². The van der Waals surface area contributed by atoms with Crippen LogP contribution in [0.25, 0.3) is 0 Å². The minimum absolute atomic E-state index is 0.111. The zero-order valence-corrected chi connectivity index (χ0v) is 11.5. The standard InChI is InChI=1S/C15H24N2O2/c1-12(11-18)6-5-9-17-15(19)14(16)10-13-7-3-2-4-8-13/h2-4,7-8,12,14,18H,5-6,9-11,16H2,1H3,(H,17,19)/t12?,14-/m1/s1. The first-order valence-electron chi connectivity index (χ1n) is 6.81. The fraction of sp³-hybridized carbons (Fsp3) is 0.533. The molecule has 0 aliphatic carbocycles. The maximum Gasteiger partial charge on any atom is 0.237 e. The second-order valence-electron chi connectivity index (χ2n) is 5.02. The van der Waals surface area contributed by atoms with E-state index in [1.807, 2.05) is 37.3 Å². The molecule has 0 bridgehead atoms. The highest BCUT2D eigenvalue weighted by atomic mass is 16.3. The molecule has 106 valence electrons. The largest absolute Gasteiger partial charge is 0.396 e. The lowest BCUT2D eigenvalue weighted by Gasteiger charge is -2.13. The van der Waals surface area contributed by atoms with Crippen LogP contribution in [0.1, 0.15) is 25.3 Å². The molecule has 1 unspecified atom stereocenters. The number of amides is 1. The Morgan fingerprint density at radius 2 is 2.05 bits per heavy atom. The molecule has 0 saturated heterocycles. The topological polar surface area (TPSA) is 75.3 Å². The summed E-state index contributed by atoms with van der Waals surface area (Å²) in [6.45, 7) is 2.80. The van der Waals surface area contributed by atoms with Crippen molar-refractivity contribution in [3.05, 3.63) is 35.9 Å². The number of nitrogens with one attached hydrogen (secondary N) is 1. The Kier molecular flexibility index (Phi) is 7.15. The van der Waals surface area contributed by atoms with E-state index in [9.17, 15) is 4.79 Å². The summed E-state index contributed by atoms with van der Waals surface area (Å²) in [6.07, 6.45) is 2.33. The Balaban J connectivity index is 2.22. The van der Waals surface area contributed by atoms with Gasteiger partial charge in [0.15, 0.2) is 0 Å². The van der Waals surface area contributed by atoms with Gasteiger partial charge in [-0.2, -0.15) is 0 Å². The van der Waals surface area contributed by atoms with Gasteiger partial charge in [-0.05, 0) is 30.7 Å². The quantitative estimate of drug-likeness (QED) is 0.615. The molecule has 4 heteroatoms. The highest BCUT2D eigenvalue weighted by Crippen LogP contribution is 2.04.